The van der Waals surface area contributed by atoms with Gasteiger partial charge < -0.3 is 9.47 Å². The molecule has 0 bridgehead atoms. The third kappa shape index (κ3) is 2.59. The first-order valence-electron chi connectivity index (χ1n) is 9.24. The van der Waals surface area contributed by atoms with E-state index in [1.54, 1.807) is 0 Å². The summed E-state index contributed by atoms with van der Waals surface area (Å²) in [7, 11) is 4.23. The molecular weight excluding hydrogens is 330 g/mol. The first-order valence-corrected chi connectivity index (χ1v) is 9.24. The summed E-state index contributed by atoms with van der Waals surface area (Å²) < 4.78 is 2.35. The fraction of sp³-hybridized carbons (Fsp3) is 0.125. The Morgan fingerprint density at radius 3 is 1.93 bits per heavy atom. The number of nitrogens with zero attached hydrogens (tertiary/aromatic N) is 3. The van der Waals surface area contributed by atoms with Crippen molar-refractivity contribution in [3.05, 3.63) is 84.6 Å². The Labute approximate surface area is 158 Å². The highest BCUT2D eigenvalue weighted by molar-refractivity contribution is 6.05. The van der Waals surface area contributed by atoms with Gasteiger partial charge in [0.2, 0.25) is 0 Å². The standard InChI is InChI=1S/C24H21N3/c1-26(2)15-17-16-27(23-14-8-5-9-18(17)23)24-19-10-3-6-12-21(19)25-22-13-7-4-11-20(22)24/h3-14,16H,15H2,1-2H3. The molecular formula is C24H21N3. The molecule has 0 unspecified atom stereocenters. The van der Waals surface area contributed by atoms with E-state index in [1.807, 2.05) is 0 Å². The highest BCUT2D eigenvalue weighted by Crippen LogP contribution is 2.33. The quantitative estimate of drug-likeness (QED) is 0.406. The molecule has 0 saturated carbocycles. The number of benzene rings is 3. The second kappa shape index (κ2) is 6.22. The van der Waals surface area contributed by atoms with Gasteiger partial charge in [0.1, 0.15) is 0 Å². The molecule has 2 aromatic heterocycles. The van der Waals surface area contributed by atoms with Gasteiger partial charge in [-0.1, -0.05) is 54.6 Å². The number of rotatable bonds is 3. The molecule has 0 amide bonds. The van der Waals surface area contributed by atoms with Crippen LogP contribution in [0.5, 0.6) is 0 Å². The van der Waals surface area contributed by atoms with Gasteiger partial charge >= 0.3 is 0 Å². The molecule has 0 aliphatic carbocycles. The smallest absolute Gasteiger partial charge is 0.0730 e. The third-order valence-corrected chi connectivity index (χ3v) is 5.08. The Morgan fingerprint density at radius 1 is 0.741 bits per heavy atom. The van der Waals surface area contributed by atoms with Crippen LogP contribution in [0.15, 0.2) is 79.0 Å². The molecule has 27 heavy (non-hydrogen) atoms. The molecule has 0 N–H and O–H groups in total. The van der Waals surface area contributed by atoms with Gasteiger partial charge in [0.05, 0.1) is 22.2 Å². The number of pyridine rings is 1. The topological polar surface area (TPSA) is 21.1 Å². The minimum Gasteiger partial charge on any atom is -0.315 e. The normalized spacial score (nSPS) is 11.8. The summed E-state index contributed by atoms with van der Waals surface area (Å²) in [6.07, 6.45) is 2.29. The predicted molar refractivity (Wildman–Crippen MR) is 113 cm³/mol. The maximum absolute atomic E-state index is 4.88. The van der Waals surface area contributed by atoms with Crippen molar-refractivity contribution in [2.45, 2.75) is 6.54 Å². The van der Waals surface area contributed by atoms with Crippen molar-refractivity contribution >= 4 is 32.7 Å². The molecule has 3 aromatic carbocycles. The minimum atomic E-state index is 0.911. The first kappa shape index (κ1) is 16.0. The van der Waals surface area contributed by atoms with Crippen LogP contribution in [0.3, 0.4) is 0 Å². The summed E-state index contributed by atoms with van der Waals surface area (Å²) in [6, 6.07) is 25.5. The average molecular weight is 351 g/mol. The van der Waals surface area contributed by atoms with Gasteiger partial charge in [-0.25, -0.2) is 4.98 Å². The fourth-order valence-electron chi connectivity index (χ4n) is 3.98. The van der Waals surface area contributed by atoms with Crippen LogP contribution < -0.4 is 0 Å². The van der Waals surface area contributed by atoms with Crippen molar-refractivity contribution in [3.63, 3.8) is 0 Å². The molecule has 3 heteroatoms. The summed E-state index contributed by atoms with van der Waals surface area (Å²) in [5.74, 6) is 0. The Kier molecular flexibility index (Phi) is 3.69. The lowest BCUT2D eigenvalue weighted by Crippen LogP contribution is -2.10. The number of fused-ring (bicyclic) bond motifs is 3. The number of hydrogen-bond donors (Lipinski definition) is 0. The van der Waals surface area contributed by atoms with Crippen molar-refractivity contribution in [1.82, 2.24) is 14.5 Å². The van der Waals surface area contributed by atoms with Gasteiger partial charge in [0, 0.05) is 28.9 Å². The van der Waals surface area contributed by atoms with E-state index >= 15 is 0 Å². The van der Waals surface area contributed by atoms with Gasteiger partial charge in [-0.05, 0) is 37.9 Å². The molecule has 132 valence electrons. The monoisotopic (exact) mass is 351 g/mol. The van der Waals surface area contributed by atoms with Crippen molar-refractivity contribution in [2.24, 2.45) is 0 Å². The van der Waals surface area contributed by atoms with Crippen LogP contribution in [0.1, 0.15) is 5.56 Å². The van der Waals surface area contributed by atoms with E-state index in [0.29, 0.717) is 0 Å². The Hall–Kier alpha value is -3.17. The maximum atomic E-state index is 4.88. The fourth-order valence-corrected chi connectivity index (χ4v) is 3.98. The zero-order valence-corrected chi connectivity index (χ0v) is 15.6. The zero-order valence-electron chi connectivity index (χ0n) is 15.6. The van der Waals surface area contributed by atoms with Crippen LogP contribution >= 0.6 is 0 Å². The number of hydrogen-bond acceptors (Lipinski definition) is 2. The van der Waals surface area contributed by atoms with Crippen LogP contribution in [0.4, 0.5) is 0 Å². The second-order valence-electron chi connectivity index (χ2n) is 7.27. The van der Waals surface area contributed by atoms with Crippen molar-refractivity contribution in [2.75, 3.05) is 14.1 Å². The SMILES string of the molecule is CN(C)Cc1cn(-c2c3ccccc3nc3ccccc23)c2ccccc12. The Balaban J connectivity index is 1.93. The van der Waals surface area contributed by atoms with Crippen LogP contribution in [0.2, 0.25) is 0 Å². The van der Waals surface area contributed by atoms with Gasteiger partial charge in [-0.2, -0.15) is 0 Å². The van der Waals surface area contributed by atoms with Gasteiger partial charge in [-0.3, -0.25) is 0 Å². The lowest BCUT2D eigenvalue weighted by atomic mass is 10.1. The van der Waals surface area contributed by atoms with E-state index in [0.717, 1.165) is 17.6 Å². The van der Waals surface area contributed by atoms with Crippen molar-refractivity contribution in [3.8, 4) is 5.69 Å². The first-order chi connectivity index (χ1) is 13.2. The molecule has 0 saturated heterocycles. The Bertz CT molecular complexity index is 1230. The van der Waals surface area contributed by atoms with E-state index in [-0.39, 0.29) is 0 Å². The molecule has 5 rings (SSSR count). The molecule has 0 aliphatic rings. The predicted octanol–water partition coefficient (Wildman–Crippen LogP) is 5.39. The molecule has 0 atom stereocenters. The van der Waals surface area contributed by atoms with E-state index in [1.165, 1.54) is 32.9 Å². The van der Waals surface area contributed by atoms with E-state index in [2.05, 4.69) is 103 Å². The highest BCUT2D eigenvalue weighted by Gasteiger charge is 2.15. The van der Waals surface area contributed by atoms with Crippen LogP contribution in [-0.4, -0.2) is 28.5 Å². The molecule has 0 fully saturated rings. The molecule has 3 nitrogen and oxygen atoms in total. The molecule has 5 aromatic rings. The van der Waals surface area contributed by atoms with E-state index < -0.39 is 0 Å². The van der Waals surface area contributed by atoms with E-state index in [4.69, 9.17) is 4.98 Å². The van der Waals surface area contributed by atoms with Crippen LogP contribution in [0, 0.1) is 0 Å². The largest absolute Gasteiger partial charge is 0.315 e. The summed E-state index contributed by atoms with van der Waals surface area (Å²) in [4.78, 5) is 7.09. The van der Waals surface area contributed by atoms with Crippen molar-refractivity contribution < 1.29 is 0 Å². The zero-order chi connectivity index (χ0) is 18.4. The van der Waals surface area contributed by atoms with Gasteiger partial charge in [0.15, 0.2) is 0 Å². The van der Waals surface area contributed by atoms with Crippen molar-refractivity contribution in [1.29, 1.82) is 0 Å². The third-order valence-electron chi connectivity index (χ3n) is 5.08. The summed E-state index contributed by atoms with van der Waals surface area (Å²) in [5, 5.41) is 3.65. The van der Waals surface area contributed by atoms with Crippen LogP contribution in [0.25, 0.3) is 38.4 Å². The van der Waals surface area contributed by atoms with E-state index in [9.17, 15) is 0 Å². The average Bonchev–Trinajstić information content (AvgIpc) is 3.04. The molecule has 0 radical (unpaired) electrons. The summed E-state index contributed by atoms with van der Waals surface area (Å²) >= 11 is 0. The number of para-hydroxylation sites is 3. The second-order valence-corrected chi connectivity index (χ2v) is 7.27. The lowest BCUT2D eigenvalue weighted by molar-refractivity contribution is 0.404. The summed E-state index contributed by atoms with van der Waals surface area (Å²) in [6.45, 7) is 0.911. The molecule has 0 aliphatic heterocycles. The maximum Gasteiger partial charge on any atom is 0.0730 e. The number of aromatic nitrogens is 2. The van der Waals surface area contributed by atoms with Crippen LogP contribution in [-0.2, 0) is 6.54 Å². The molecule has 2 heterocycles. The highest BCUT2D eigenvalue weighted by atomic mass is 15.1. The lowest BCUT2D eigenvalue weighted by Gasteiger charge is -2.13. The summed E-state index contributed by atoms with van der Waals surface area (Å²) in [5.41, 5.74) is 5.82. The molecule has 0 spiro atoms. The van der Waals surface area contributed by atoms with Gasteiger partial charge in [-0.15, -0.1) is 0 Å². The Morgan fingerprint density at radius 2 is 1.30 bits per heavy atom. The minimum absolute atomic E-state index is 0.911. The van der Waals surface area contributed by atoms with Gasteiger partial charge in [0.25, 0.3) is 0 Å².